The standard InChI is InChI=1S/C13H18N2O/c1-11(14-16)12-5-7-13(8-6-12)15-9-3-2-4-10-15/h5-8,16H,2-4,9-10H2,1H3/b14-11+. The van der Waals surface area contributed by atoms with Crippen LogP contribution in [-0.4, -0.2) is 24.0 Å². The molecule has 86 valence electrons. The highest BCUT2D eigenvalue weighted by Crippen LogP contribution is 2.20. The molecule has 2 rings (SSSR count). The lowest BCUT2D eigenvalue weighted by molar-refractivity contribution is 0.319. The van der Waals surface area contributed by atoms with E-state index in [-0.39, 0.29) is 0 Å². The predicted octanol–water partition coefficient (Wildman–Crippen LogP) is 2.88. The summed E-state index contributed by atoms with van der Waals surface area (Å²) < 4.78 is 0. The maximum absolute atomic E-state index is 8.68. The topological polar surface area (TPSA) is 35.8 Å². The van der Waals surface area contributed by atoms with Crippen molar-refractivity contribution in [2.24, 2.45) is 5.16 Å². The SMILES string of the molecule is C/C(=N\O)c1ccc(N2CCCCC2)cc1. The molecule has 0 amide bonds. The molecular weight excluding hydrogens is 200 g/mol. The molecule has 0 aromatic heterocycles. The van der Waals surface area contributed by atoms with Crippen molar-refractivity contribution in [2.45, 2.75) is 26.2 Å². The van der Waals surface area contributed by atoms with Gasteiger partial charge in [-0.1, -0.05) is 17.3 Å². The molecule has 3 heteroatoms. The number of piperidine rings is 1. The summed E-state index contributed by atoms with van der Waals surface area (Å²) in [6.07, 6.45) is 3.93. The van der Waals surface area contributed by atoms with Crippen molar-refractivity contribution in [1.82, 2.24) is 0 Å². The first-order valence-electron chi connectivity index (χ1n) is 5.85. The number of oxime groups is 1. The lowest BCUT2D eigenvalue weighted by Gasteiger charge is -2.28. The summed E-state index contributed by atoms with van der Waals surface area (Å²) in [6, 6.07) is 8.24. The van der Waals surface area contributed by atoms with Crippen LogP contribution in [0.15, 0.2) is 29.4 Å². The second-order valence-electron chi connectivity index (χ2n) is 4.28. The molecule has 0 radical (unpaired) electrons. The van der Waals surface area contributed by atoms with E-state index in [1.807, 2.05) is 12.1 Å². The minimum Gasteiger partial charge on any atom is -0.411 e. The maximum atomic E-state index is 8.68. The third-order valence-electron chi connectivity index (χ3n) is 3.16. The van der Waals surface area contributed by atoms with Crippen LogP contribution in [0.2, 0.25) is 0 Å². The Balaban J connectivity index is 2.12. The summed E-state index contributed by atoms with van der Waals surface area (Å²) in [5.41, 5.74) is 2.91. The molecule has 0 aliphatic carbocycles. The molecule has 0 spiro atoms. The van der Waals surface area contributed by atoms with E-state index in [0.717, 1.165) is 18.7 Å². The Morgan fingerprint density at radius 2 is 1.75 bits per heavy atom. The molecular formula is C13H18N2O. The van der Waals surface area contributed by atoms with Gasteiger partial charge in [-0.25, -0.2) is 0 Å². The molecule has 16 heavy (non-hydrogen) atoms. The fourth-order valence-corrected chi connectivity index (χ4v) is 2.12. The largest absolute Gasteiger partial charge is 0.411 e. The Morgan fingerprint density at radius 1 is 1.12 bits per heavy atom. The van der Waals surface area contributed by atoms with Gasteiger partial charge in [-0.3, -0.25) is 0 Å². The zero-order chi connectivity index (χ0) is 11.4. The van der Waals surface area contributed by atoms with Crippen molar-refractivity contribution in [3.8, 4) is 0 Å². The average molecular weight is 218 g/mol. The fourth-order valence-electron chi connectivity index (χ4n) is 2.12. The van der Waals surface area contributed by atoms with Crippen molar-refractivity contribution >= 4 is 11.4 Å². The maximum Gasteiger partial charge on any atom is 0.0836 e. The first-order valence-corrected chi connectivity index (χ1v) is 5.85. The Bertz CT molecular complexity index is 364. The lowest BCUT2D eigenvalue weighted by Crippen LogP contribution is -2.29. The van der Waals surface area contributed by atoms with Crippen LogP contribution < -0.4 is 4.90 Å². The van der Waals surface area contributed by atoms with Crippen LogP contribution in [0, 0.1) is 0 Å². The molecule has 1 fully saturated rings. The van der Waals surface area contributed by atoms with Gasteiger partial charge in [0.25, 0.3) is 0 Å². The molecule has 0 unspecified atom stereocenters. The molecule has 1 aliphatic rings. The van der Waals surface area contributed by atoms with Crippen molar-refractivity contribution < 1.29 is 5.21 Å². The Kier molecular flexibility index (Phi) is 3.44. The van der Waals surface area contributed by atoms with Crippen LogP contribution in [-0.2, 0) is 0 Å². The summed E-state index contributed by atoms with van der Waals surface area (Å²) in [5, 5.41) is 11.9. The van der Waals surface area contributed by atoms with Gasteiger partial charge in [-0.15, -0.1) is 0 Å². The quantitative estimate of drug-likeness (QED) is 0.470. The minimum atomic E-state index is 0.658. The van der Waals surface area contributed by atoms with Gasteiger partial charge in [0.05, 0.1) is 5.71 Å². The smallest absolute Gasteiger partial charge is 0.0836 e. The third kappa shape index (κ3) is 2.35. The van der Waals surface area contributed by atoms with E-state index in [4.69, 9.17) is 5.21 Å². The number of hydrogen-bond donors (Lipinski definition) is 1. The number of benzene rings is 1. The normalized spacial score (nSPS) is 17.6. The Morgan fingerprint density at radius 3 is 2.31 bits per heavy atom. The van der Waals surface area contributed by atoms with E-state index in [1.165, 1.54) is 24.9 Å². The molecule has 3 nitrogen and oxygen atoms in total. The summed E-state index contributed by atoms with van der Waals surface area (Å²) in [7, 11) is 0. The van der Waals surface area contributed by atoms with Gasteiger partial charge in [0.15, 0.2) is 0 Å². The van der Waals surface area contributed by atoms with Crippen LogP contribution in [0.25, 0.3) is 0 Å². The van der Waals surface area contributed by atoms with Gasteiger partial charge in [0.1, 0.15) is 0 Å². The van der Waals surface area contributed by atoms with Crippen LogP contribution in [0.4, 0.5) is 5.69 Å². The van der Waals surface area contributed by atoms with Gasteiger partial charge >= 0.3 is 0 Å². The lowest BCUT2D eigenvalue weighted by atomic mass is 10.1. The van der Waals surface area contributed by atoms with E-state index in [1.54, 1.807) is 6.92 Å². The summed E-state index contributed by atoms with van der Waals surface area (Å²) >= 11 is 0. The van der Waals surface area contributed by atoms with Crippen molar-refractivity contribution in [1.29, 1.82) is 0 Å². The third-order valence-corrected chi connectivity index (χ3v) is 3.16. The van der Waals surface area contributed by atoms with E-state index in [2.05, 4.69) is 22.2 Å². The highest BCUT2D eigenvalue weighted by atomic mass is 16.4. The Labute approximate surface area is 96.4 Å². The van der Waals surface area contributed by atoms with Gasteiger partial charge < -0.3 is 10.1 Å². The number of anilines is 1. The molecule has 1 heterocycles. The van der Waals surface area contributed by atoms with Gasteiger partial charge in [0.2, 0.25) is 0 Å². The van der Waals surface area contributed by atoms with Crippen LogP contribution in [0.3, 0.4) is 0 Å². The summed E-state index contributed by atoms with van der Waals surface area (Å²) in [5.74, 6) is 0. The van der Waals surface area contributed by atoms with Crippen LogP contribution >= 0.6 is 0 Å². The first-order chi connectivity index (χ1) is 7.81. The van der Waals surface area contributed by atoms with E-state index in [0.29, 0.717) is 5.71 Å². The number of hydrogen-bond acceptors (Lipinski definition) is 3. The second kappa shape index (κ2) is 5.01. The molecule has 1 aromatic carbocycles. The molecule has 1 saturated heterocycles. The summed E-state index contributed by atoms with van der Waals surface area (Å²) in [4.78, 5) is 2.42. The van der Waals surface area contributed by atoms with Crippen molar-refractivity contribution in [3.63, 3.8) is 0 Å². The monoisotopic (exact) mass is 218 g/mol. The van der Waals surface area contributed by atoms with Crippen molar-refractivity contribution in [3.05, 3.63) is 29.8 Å². The molecule has 1 aromatic rings. The first kappa shape index (κ1) is 11.0. The molecule has 1 aliphatic heterocycles. The zero-order valence-corrected chi connectivity index (χ0v) is 9.69. The fraction of sp³-hybridized carbons (Fsp3) is 0.462. The van der Waals surface area contributed by atoms with Crippen molar-refractivity contribution in [2.75, 3.05) is 18.0 Å². The molecule has 0 saturated carbocycles. The number of rotatable bonds is 2. The Hall–Kier alpha value is -1.51. The van der Waals surface area contributed by atoms with E-state index < -0.39 is 0 Å². The average Bonchev–Trinajstić information content (AvgIpc) is 2.39. The molecule has 0 bridgehead atoms. The van der Waals surface area contributed by atoms with E-state index in [9.17, 15) is 0 Å². The minimum absolute atomic E-state index is 0.658. The van der Waals surface area contributed by atoms with Gasteiger partial charge in [-0.05, 0) is 43.9 Å². The second-order valence-corrected chi connectivity index (χ2v) is 4.28. The highest BCUT2D eigenvalue weighted by molar-refractivity contribution is 5.98. The summed E-state index contributed by atoms with van der Waals surface area (Å²) in [6.45, 7) is 4.12. The van der Waals surface area contributed by atoms with Crippen LogP contribution in [0.1, 0.15) is 31.7 Å². The molecule has 1 N–H and O–H groups in total. The predicted molar refractivity (Wildman–Crippen MR) is 66.5 cm³/mol. The number of nitrogens with zero attached hydrogens (tertiary/aromatic N) is 2. The van der Waals surface area contributed by atoms with Gasteiger partial charge in [-0.2, -0.15) is 0 Å². The zero-order valence-electron chi connectivity index (χ0n) is 9.69. The highest BCUT2D eigenvalue weighted by Gasteiger charge is 2.10. The van der Waals surface area contributed by atoms with Gasteiger partial charge in [0, 0.05) is 18.8 Å². The van der Waals surface area contributed by atoms with Crippen LogP contribution in [0.5, 0.6) is 0 Å². The van der Waals surface area contributed by atoms with E-state index >= 15 is 0 Å². The molecule has 0 atom stereocenters.